The van der Waals surface area contributed by atoms with Crippen molar-refractivity contribution in [3.05, 3.63) is 95.8 Å². The predicted octanol–water partition coefficient (Wildman–Crippen LogP) is 0.696. The molecule has 0 aliphatic heterocycles. The van der Waals surface area contributed by atoms with Gasteiger partial charge in [0.25, 0.3) is 5.91 Å². The fourth-order valence-corrected chi connectivity index (χ4v) is 3.12. The molecule has 3 aromatic rings. The molecule has 0 unspecified atom stereocenters. The minimum atomic E-state index is -1.94. The van der Waals surface area contributed by atoms with Crippen molar-refractivity contribution in [1.82, 2.24) is 20.6 Å². The first-order chi connectivity index (χ1) is 15.4. The Hall–Kier alpha value is -3.63. The fraction of sp³-hybridized carbons (Fsp3) is 0.182. The molecule has 0 saturated carbocycles. The first-order valence-electron chi connectivity index (χ1n) is 9.94. The van der Waals surface area contributed by atoms with Crippen molar-refractivity contribution in [2.75, 3.05) is 0 Å². The number of carbonyl (C=O) groups excluding carboxylic acids is 2. The van der Waals surface area contributed by atoms with Crippen LogP contribution in [0.5, 0.6) is 0 Å². The smallest absolute Gasteiger partial charge is 0.426 e. The van der Waals surface area contributed by atoms with Gasteiger partial charge in [0.15, 0.2) is 0 Å². The van der Waals surface area contributed by atoms with Crippen molar-refractivity contribution in [1.29, 1.82) is 0 Å². The summed E-state index contributed by atoms with van der Waals surface area (Å²) in [6.07, 6.45) is 4.04. The molecule has 2 amide bonds. The summed E-state index contributed by atoms with van der Waals surface area (Å²) in [6, 6.07) is 13.8. The van der Waals surface area contributed by atoms with E-state index in [1.807, 2.05) is 6.07 Å². The van der Waals surface area contributed by atoms with Crippen LogP contribution in [0.4, 0.5) is 4.39 Å². The molecule has 0 spiro atoms. The zero-order valence-electron chi connectivity index (χ0n) is 17.1. The quantitative estimate of drug-likeness (QED) is 0.366. The Kier molecular flexibility index (Phi) is 8.01. The maximum Gasteiger partial charge on any atom is 0.475 e. The van der Waals surface area contributed by atoms with Crippen LogP contribution >= 0.6 is 0 Å². The summed E-state index contributed by atoms with van der Waals surface area (Å²) in [5, 5.41) is 24.6. The molecule has 10 heteroatoms. The first kappa shape index (κ1) is 23.0. The Morgan fingerprint density at radius 1 is 0.969 bits per heavy atom. The van der Waals surface area contributed by atoms with Gasteiger partial charge in [-0.15, -0.1) is 0 Å². The number of nitrogens with zero attached hydrogens (tertiary/aromatic N) is 2. The SMILES string of the molecule is O=C(N[C@@H](Cc1ccccc1)C(=O)N[C@@H](Cc1ccccc1F)B(O)O)c1cnccn1. The van der Waals surface area contributed by atoms with Gasteiger partial charge in [0.2, 0.25) is 5.91 Å². The third-order valence-corrected chi connectivity index (χ3v) is 4.79. The normalized spacial score (nSPS) is 12.5. The molecule has 1 aromatic heterocycles. The van der Waals surface area contributed by atoms with Crippen molar-refractivity contribution >= 4 is 18.9 Å². The summed E-state index contributed by atoms with van der Waals surface area (Å²) in [7, 11) is -1.94. The molecule has 0 bridgehead atoms. The number of amides is 2. The summed E-state index contributed by atoms with van der Waals surface area (Å²) in [6.45, 7) is 0. The van der Waals surface area contributed by atoms with E-state index in [0.29, 0.717) is 0 Å². The lowest BCUT2D eigenvalue weighted by molar-refractivity contribution is -0.123. The summed E-state index contributed by atoms with van der Waals surface area (Å²) in [5.41, 5.74) is 1.03. The van der Waals surface area contributed by atoms with E-state index in [1.165, 1.54) is 36.8 Å². The van der Waals surface area contributed by atoms with Crippen LogP contribution in [-0.4, -0.2) is 50.9 Å². The largest absolute Gasteiger partial charge is 0.475 e. The van der Waals surface area contributed by atoms with Crippen LogP contribution in [0, 0.1) is 5.82 Å². The highest BCUT2D eigenvalue weighted by atomic mass is 19.1. The molecule has 4 N–H and O–H groups in total. The minimum Gasteiger partial charge on any atom is -0.426 e. The molecule has 0 fully saturated rings. The van der Waals surface area contributed by atoms with E-state index in [4.69, 9.17) is 0 Å². The molecule has 1 heterocycles. The first-order valence-corrected chi connectivity index (χ1v) is 9.94. The zero-order valence-corrected chi connectivity index (χ0v) is 17.1. The van der Waals surface area contributed by atoms with Crippen molar-refractivity contribution in [2.24, 2.45) is 0 Å². The van der Waals surface area contributed by atoms with Crippen LogP contribution in [-0.2, 0) is 17.6 Å². The Bertz CT molecular complexity index is 1040. The van der Waals surface area contributed by atoms with Crippen molar-refractivity contribution in [2.45, 2.75) is 24.8 Å². The van der Waals surface area contributed by atoms with Gasteiger partial charge < -0.3 is 20.7 Å². The Morgan fingerprint density at radius 3 is 2.34 bits per heavy atom. The second-order valence-corrected chi connectivity index (χ2v) is 7.13. The van der Waals surface area contributed by atoms with Crippen molar-refractivity contribution in [3.8, 4) is 0 Å². The monoisotopic (exact) mass is 436 g/mol. The second kappa shape index (κ2) is 11.1. The average molecular weight is 436 g/mol. The highest BCUT2D eigenvalue weighted by Crippen LogP contribution is 2.11. The number of carbonyl (C=O) groups is 2. The standard InChI is InChI=1S/C22H22BFN4O4/c24-17-9-5-4-8-16(17)13-20(23(31)32)28-21(29)18(12-15-6-2-1-3-7-15)27-22(30)19-14-25-10-11-26-19/h1-11,14,18,20,31-32H,12-13H2,(H,27,30)(H,28,29)/t18-,20-/m0/s1. The number of nitrogens with one attached hydrogen (secondary N) is 2. The van der Waals surface area contributed by atoms with E-state index in [0.717, 1.165) is 5.56 Å². The third-order valence-electron chi connectivity index (χ3n) is 4.79. The Labute approximate surface area is 184 Å². The number of benzene rings is 2. The molecule has 164 valence electrons. The molecule has 3 rings (SSSR count). The summed E-state index contributed by atoms with van der Waals surface area (Å²) < 4.78 is 14.0. The van der Waals surface area contributed by atoms with E-state index in [2.05, 4.69) is 20.6 Å². The maximum atomic E-state index is 14.0. The van der Waals surface area contributed by atoms with Crippen LogP contribution < -0.4 is 10.6 Å². The highest BCUT2D eigenvalue weighted by Gasteiger charge is 2.30. The van der Waals surface area contributed by atoms with Crippen molar-refractivity contribution < 1.29 is 24.0 Å². The fourth-order valence-electron chi connectivity index (χ4n) is 3.12. The zero-order chi connectivity index (χ0) is 22.9. The van der Waals surface area contributed by atoms with Gasteiger partial charge in [0.05, 0.1) is 12.1 Å². The van der Waals surface area contributed by atoms with Gasteiger partial charge >= 0.3 is 7.12 Å². The Balaban J connectivity index is 1.77. The molecule has 2 atom stereocenters. The van der Waals surface area contributed by atoms with Crippen LogP contribution in [0.1, 0.15) is 21.6 Å². The summed E-state index contributed by atoms with van der Waals surface area (Å²) >= 11 is 0. The molecular weight excluding hydrogens is 414 g/mol. The van der Waals surface area contributed by atoms with Crippen LogP contribution in [0.25, 0.3) is 0 Å². The summed E-state index contributed by atoms with van der Waals surface area (Å²) in [4.78, 5) is 33.4. The lowest BCUT2D eigenvalue weighted by atomic mass is 9.75. The van der Waals surface area contributed by atoms with E-state index < -0.39 is 36.7 Å². The molecule has 0 aliphatic carbocycles. The molecule has 0 radical (unpaired) electrons. The van der Waals surface area contributed by atoms with Gasteiger partial charge in [-0.3, -0.25) is 14.6 Å². The van der Waals surface area contributed by atoms with Gasteiger partial charge in [-0.2, -0.15) is 0 Å². The number of aromatic nitrogens is 2. The third kappa shape index (κ3) is 6.43. The number of hydrogen-bond donors (Lipinski definition) is 4. The molecule has 32 heavy (non-hydrogen) atoms. The van der Waals surface area contributed by atoms with Crippen LogP contribution in [0.3, 0.4) is 0 Å². The molecule has 2 aromatic carbocycles. The number of rotatable bonds is 9. The Morgan fingerprint density at radius 2 is 1.69 bits per heavy atom. The molecule has 8 nitrogen and oxygen atoms in total. The number of hydrogen-bond acceptors (Lipinski definition) is 6. The van der Waals surface area contributed by atoms with E-state index in [9.17, 15) is 24.0 Å². The highest BCUT2D eigenvalue weighted by molar-refractivity contribution is 6.43. The summed E-state index contributed by atoms with van der Waals surface area (Å²) in [5.74, 6) is -2.97. The predicted molar refractivity (Wildman–Crippen MR) is 116 cm³/mol. The van der Waals surface area contributed by atoms with E-state index in [1.54, 1.807) is 30.3 Å². The van der Waals surface area contributed by atoms with Crippen LogP contribution in [0.2, 0.25) is 0 Å². The molecule has 0 saturated heterocycles. The average Bonchev–Trinajstić information content (AvgIpc) is 2.80. The minimum absolute atomic E-state index is 0.0310. The number of halogens is 1. The van der Waals surface area contributed by atoms with E-state index >= 15 is 0 Å². The topological polar surface area (TPSA) is 124 Å². The van der Waals surface area contributed by atoms with Gasteiger partial charge in [-0.05, 0) is 23.6 Å². The van der Waals surface area contributed by atoms with Gasteiger partial charge in [0.1, 0.15) is 17.6 Å². The van der Waals surface area contributed by atoms with Gasteiger partial charge in [0, 0.05) is 18.8 Å². The van der Waals surface area contributed by atoms with Gasteiger partial charge in [-0.25, -0.2) is 9.37 Å². The lowest BCUT2D eigenvalue weighted by Gasteiger charge is -2.23. The molecule has 0 aliphatic rings. The van der Waals surface area contributed by atoms with E-state index in [-0.39, 0.29) is 24.1 Å². The van der Waals surface area contributed by atoms with Crippen LogP contribution in [0.15, 0.2) is 73.2 Å². The second-order valence-electron chi connectivity index (χ2n) is 7.13. The van der Waals surface area contributed by atoms with Crippen molar-refractivity contribution in [3.63, 3.8) is 0 Å². The van der Waals surface area contributed by atoms with Gasteiger partial charge in [-0.1, -0.05) is 48.5 Å². The molecular formula is C22H22BFN4O4. The lowest BCUT2D eigenvalue weighted by Crippen LogP contribution is -2.55. The maximum absolute atomic E-state index is 14.0.